The summed E-state index contributed by atoms with van der Waals surface area (Å²) in [5, 5.41) is 6.76. The summed E-state index contributed by atoms with van der Waals surface area (Å²) in [5.74, 6) is 6.53. The standard InChI is InChI=1S/C24H24ClN5O2/c1-24(2,26)10-7-14-13-27-11-8-15(14)20-21(19-17(29-20)9-12-28-23(19)31)30-18-6-4-5-16(25)22(18)32-3/h4-6,8,11,13,29-30H,9,12,26H2,1-3H3,(H,28,31). The van der Waals surface area contributed by atoms with Gasteiger partial charge >= 0.3 is 0 Å². The number of rotatable bonds is 4. The smallest absolute Gasteiger partial charge is 0.255 e. The third kappa shape index (κ3) is 4.28. The Morgan fingerprint density at radius 2 is 2.12 bits per heavy atom. The highest BCUT2D eigenvalue weighted by atomic mass is 35.5. The highest BCUT2D eigenvalue weighted by molar-refractivity contribution is 6.32. The van der Waals surface area contributed by atoms with Crippen LogP contribution in [-0.4, -0.2) is 35.1 Å². The third-order valence-electron chi connectivity index (χ3n) is 5.01. The summed E-state index contributed by atoms with van der Waals surface area (Å²) >= 11 is 6.32. The van der Waals surface area contributed by atoms with Gasteiger partial charge in [0.25, 0.3) is 5.91 Å². The first-order valence-corrected chi connectivity index (χ1v) is 10.6. The van der Waals surface area contributed by atoms with E-state index in [1.54, 1.807) is 25.6 Å². The lowest BCUT2D eigenvalue weighted by molar-refractivity contribution is 0.0947. The van der Waals surface area contributed by atoms with E-state index in [9.17, 15) is 4.79 Å². The zero-order chi connectivity index (χ0) is 22.9. The largest absolute Gasteiger partial charge is 0.493 e. The zero-order valence-corrected chi connectivity index (χ0v) is 18.9. The van der Waals surface area contributed by atoms with E-state index in [-0.39, 0.29) is 5.91 Å². The maximum absolute atomic E-state index is 12.8. The van der Waals surface area contributed by atoms with E-state index in [4.69, 9.17) is 22.1 Å². The van der Waals surface area contributed by atoms with Gasteiger partial charge in [0.2, 0.25) is 0 Å². The van der Waals surface area contributed by atoms with Crippen molar-refractivity contribution >= 4 is 28.9 Å². The summed E-state index contributed by atoms with van der Waals surface area (Å²) in [7, 11) is 1.55. The number of nitrogens with one attached hydrogen (secondary N) is 3. The predicted molar refractivity (Wildman–Crippen MR) is 126 cm³/mol. The number of H-pyrrole nitrogens is 1. The fourth-order valence-electron chi connectivity index (χ4n) is 3.60. The number of nitrogens with two attached hydrogens (primary N) is 1. The van der Waals surface area contributed by atoms with Gasteiger partial charge in [0.1, 0.15) is 0 Å². The summed E-state index contributed by atoms with van der Waals surface area (Å²) in [6.07, 6.45) is 4.07. The van der Waals surface area contributed by atoms with Gasteiger partial charge in [0, 0.05) is 36.6 Å². The Labute approximate surface area is 191 Å². The van der Waals surface area contributed by atoms with Crippen molar-refractivity contribution in [3.63, 3.8) is 0 Å². The second-order valence-corrected chi connectivity index (χ2v) is 8.48. The lowest BCUT2D eigenvalue weighted by Crippen LogP contribution is -2.31. The highest BCUT2D eigenvalue weighted by Crippen LogP contribution is 2.41. The van der Waals surface area contributed by atoms with E-state index in [0.29, 0.717) is 46.2 Å². The second-order valence-electron chi connectivity index (χ2n) is 8.07. The normalized spacial score (nSPS) is 13.0. The van der Waals surface area contributed by atoms with Crippen molar-refractivity contribution in [1.29, 1.82) is 0 Å². The van der Waals surface area contributed by atoms with Crippen LogP contribution in [0.4, 0.5) is 11.4 Å². The van der Waals surface area contributed by atoms with Crippen LogP contribution in [0.2, 0.25) is 5.02 Å². The molecule has 3 heterocycles. The van der Waals surface area contributed by atoms with Gasteiger partial charge in [0.15, 0.2) is 5.75 Å². The molecule has 0 saturated heterocycles. The molecular formula is C24H24ClN5O2. The molecule has 1 amide bonds. The summed E-state index contributed by atoms with van der Waals surface area (Å²) in [4.78, 5) is 20.5. The molecule has 7 nitrogen and oxygen atoms in total. The number of amides is 1. The lowest BCUT2D eigenvalue weighted by Gasteiger charge is -2.17. The molecule has 0 saturated carbocycles. The topological polar surface area (TPSA) is 105 Å². The number of para-hydroxylation sites is 1. The average molecular weight is 450 g/mol. The molecule has 1 aliphatic rings. The van der Waals surface area contributed by atoms with Gasteiger partial charge in [-0.1, -0.05) is 29.5 Å². The molecule has 2 aromatic heterocycles. The van der Waals surface area contributed by atoms with Crippen LogP contribution >= 0.6 is 11.6 Å². The lowest BCUT2D eigenvalue weighted by atomic mass is 10.0. The minimum atomic E-state index is -0.656. The first kappa shape index (κ1) is 21.8. The van der Waals surface area contributed by atoms with Crippen LogP contribution in [0.1, 0.15) is 35.5 Å². The van der Waals surface area contributed by atoms with Crippen molar-refractivity contribution in [1.82, 2.24) is 15.3 Å². The second kappa shape index (κ2) is 8.58. The molecule has 4 rings (SSSR count). The van der Waals surface area contributed by atoms with Gasteiger partial charge in [-0.2, -0.15) is 0 Å². The number of aromatic nitrogens is 2. The number of halogens is 1. The average Bonchev–Trinajstić information content (AvgIpc) is 3.11. The number of anilines is 2. The van der Waals surface area contributed by atoms with Crippen LogP contribution in [0, 0.1) is 11.8 Å². The van der Waals surface area contributed by atoms with Gasteiger partial charge in [0.05, 0.1) is 45.9 Å². The van der Waals surface area contributed by atoms with Gasteiger partial charge < -0.3 is 26.1 Å². The molecular weight excluding hydrogens is 426 g/mol. The number of nitrogens with zero attached hydrogens (tertiary/aromatic N) is 1. The highest BCUT2D eigenvalue weighted by Gasteiger charge is 2.28. The zero-order valence-electron chi connectivity index (χ0n) is 18.1. The number of hydrogen-bond donors (Lipinski definition) is 4. The van der Waals surface area contributed by atoms with E-state index in [0.717, 1.165) is 17.0 Å². The molecule has 0 unspecified atom stereocenters. The molecule has 0 bridgehead atoms. The van der Waals surface area contributed by atoms with E-state index in [1.165, 1.54) is 0 Å². The molecule has 0 aliphatic carbocycles. The van der Waals surface area contributed by atoms with E-state index >= 15 is 0 Å². The Kier molecular flexibility index (Phi) is 5.83. The van der Waals surface area contributed by atoms with Crippen LogP contribution < -0.4 is 21.1 Å². The minimum absolute atomic E-state index is 0.151. The predicted octanol–water partition coefficient (Wildman–Crippen LogP) is 3.86. The van der Waals surface area contributed by atoms with Crippen LogP contribution in [0.25, 0.3) is 11.3 Å². The van der Waals surface area contributed by atoms with Crippen LogP contribution in [0.15, 0.2) is 36.7 Å². The fraction of sp³-hybridized carbons (Fsp3) is 0.250. The van der Waals surface area contributed by atoms with Crippen LogP contribution in [-0.2, 0) is 6.42 Å². The summed E-state index contributed by atoms with van der Waals surface area (Å²) < 4.78 is 5.49. The van der Waals surface area contributed by atoms with Gasteiger partial charge in [-0.3, -0.25) is 9.78 Å². The molecule has 1 aromatic carbocycles. The van der Waals surface area contributed by atoms with Crippen molar-refractivity contribution in [2.75, 3.05) is 19.0 Å². The maximum Gasteiger partial charge on any atom is 0.255 e. The summed E-state index contributed by atoms with van der Waals surface area (Å²) in [5.41, 5.74) is 10.3. The number of pyridine rings is 1. The summed E-state index contributed by atoms with van der Waals surface area (Å²) in [6.45, 7) is 4.24. The van der Waals surface area contributed by atoms with E-state index < -0.39 is 5.54 Å². The molecule has 1 aliphatic heterocycles. The molecule has 5 N–H and O–H groups in total. The van der Waals surface area contributed by atoms with E-state index in [2.05, 4.69) is 32.4 Å². The molecule has 164 valence electrons. The first-order chi connectivity index (χ1) is 15.3. The Balaban J connectivity index is 1.92. The molecule has 0 radical (unpaired) electrons. The van der Waals surface area contributed by atoms with Crippen molar-refractivity contribution in [2.45, 2.75) is 25.8 Å². The number of carbonyl (C=O) groups is 1. The monoisotopic (exact) mass is 449 g/mol. The quantitative estimate of drug-likeness (QED) is 0.453. The van der Waals surface area contributed by atoms with Gasteiger partial charge in [-0.25, -0.2) is 0 Å². The Bertz CT molecular complexity index is 1250. The van der Waals surface area contributed by atoms with Crippen molar-refractivity contribution in [2.24, 2.45) is 5.73 Å². The van der Waals surface area contributed by atoms with Crippen molar-refractivity contribution in [3.8, 4) is 28.8 Å². The summed E-state index contributed by atoms with van der Waals surface area (Å²) in [6, 6.07) is 7.28. The third-order valence-corrected chi connectivity index (χ3v) is 5.30. The maximum atomic E-state index is 12.8. The molecule has 0 fully saturated rings. The Morgan fingerprint density at radius 1 is 1.31 bits per heavy atom. The molecule has 32 heavy (non-hydrogen) atoms. The van der Waals surface area contributed by atoms with Crippen molar-refractivity contribution in [3.05, 3.63) is 58.5 Å². The number of ether oxygens (including phenoxy) is 1. The number of benzene rings is 1. The molecule has 8 heteroatoms. The van der Waals surface area contributed by atoms with Crippen LogP contribution in [0.3, 0.4) is 0 Å². The van der Waals surface area contributed by atoms with Crippen LogP contribution in [0.5, 0.6) is 5.75 Å². The number of hydrogen-bond acceptors (Lipinski definition) is 5. The van der Waals surface area contributed by atoms with Crippen molar-refractivity contribution < 1.29 is 9.53 Å². The number of methoxy groups -OCH3 is 1. The van der Waals surface area contributed by atoms with Gasteiger partial charge in [-0.05, 0) is 32.0 Å². The van der Waals surface area contributed by atoms with Gasteiger partial charge in [-0.15, -0.1) is 0 Å². The molecule has 3 aromatic rings. The Hall–Kier alpha value is -3.47. The number of aromatic amines is 1. The minimum Gasteiger partial charge on any atom is -0.493 e. The first-order valence-electron chi connectivity index (χ1n) is 10.2. The van der Waals surface area contributed by atoms with E-state index in [1.807, 2.05) is 32.0 Å². The SMILES string of the molecule is COc1c(Cl)cccc1Nc1c(-c2ccncc2C#CC(C)(C)N)[nH]c2c1C(=O)NCC2. The molecule has 0 spiro atoms. The number of fused-ring (bicyclic) bond motifs is 1. The molecule has 0 atom stereocenters. The Morgan fingerprint density at radius 3 is 2.88 bits per heavy atom. The number of carbonyl (C=O) groups excluding carboxylic acids is 1. The fourth-order valence-corrected chi connectivity index (χ4v) is 3.85.